The lowest BCUT2D eigenvalue weighted by Crippen LogP contribution is -2.43. The third kappa shape index (κ3) is 3.18. The summed E-state index contributed by atoms with van der Waals surface area (Å²) in [5.41, 5.74) is -0.199. The fourth-order valence-corrected chi connectivity index (χ4v) is 1.31. The minimum Gasteiger partial charge on any atom is -0.491 e. The van der Waals surface area contributed by atoms with Crippen LogP contribution in [0.3, 0.4) is 0 Å². The molecule has 1 aromatic carbocycles. The second-order valence-electron chi connectivity index (χ2n) is 4.19. The Morgan fingerprint density at radius 1 is 1.61 bits per heavy atom. The van der Waals surface area contributed by atoms with E-state index in [1.54, 1.807) is 27.0 Å². The molecule has 0 aliphatic heterocycles. The van der Waals surface area contributed by atoms with Gasteiger partial charge in [-0.05, 0) is 33.0 Å². The first-order valence-electron chi connectivity index (χ1n) is 5.40. The number of nitrogens with one attached hydrogen (secondary N) is 1. The molecule has 1 rings (SSSR count). The first kappa shape index (κ1) is 13.9. The van der Waals surface area contributed by atoms with Gasteiger partial charge >= 0.3 is 0 Å². The Balaban J connectivity index is 2.79. The van der Waals surface area contributed by atoms with Crippen LogP contribution in [-0.2, 0) is 0 Å². The van der Waals surface area contributed by atoms with Gasteiger partial charge in [-0.3, -0.25) is 15.4 Å². The van der Waals surface area contributed by atoms with Gasteiger partial charge in [-0.2, -0.15) is 5.26 Å². The third-order valence-corrected chi connectivity index (χ3v) is 2.69. The molecule has 1 atom stereocenters. The average Bonchev–Trinajstić information content (AvgIpc) is 2.35. The molecule has 1 N–H and O–H groups in total. The van der Waals surface area contributed by atoms with Crippen LogP contribution in [0, 0.1) is 28.4 Å². The summed E-state index contributed by atoms with van der Waals surface area (Å²) < 4.78 is 5.46. The van der Waals surface area contributed by atoms with Crippen molar-refractivity contribution in [3.63, 3.8) is 0 Å². The second-order valence-corrected chi connectivity index (χ2v) is 4.19. The van der Waals surface area contributed by atoms with Gasteiger partial charge < -0.3 is 4.74 Å². The highest BCUT2D eigenvalue weighted by Crippen LogP contribution is 2.23. The highest BCUT2D eigenvalue weighted by atomic mass is 16.6. The molecule has 0 bridgehead atoms. The molecular formula is C12H15N3O3. The van der Waals surface area contributed by atoms with Crippen molar-refractivity contribution in [2.24, 2.45) is 0 Å². The van der Waals surface area contributed by atoms with Crippen LogP contribution in [0.2, 0.25) is 0 Å². The number of rotatable bonds is 5. The van der Waals surface area contributed by atoms with Crippen molar-refractivity contribution in [2.75, 3.05) is 13.7 Å². The molecule has 0 amide bonds. The summed E-state index contributed by atoms with van der Waals surface area (Å²) in [5.74, 6) is 0.509. The monoisotopic (exact) mass is 249 g/mol. The normalized spacial score (nSPS) is 13.4. The molecule has 0 saturated carbocycles. The van der Waals surface area contributed by atoms with Gasteiger partial charge in [0.25, 0.3) is 5.69 Å². The van der Waals surface area contributed by atoms with Crippen LogP contribution in [0.25, 0.3) is 0 Å². The fraction of sp³-hybridized carbons (Fsp3) is 0.417. The molecule has 6 heteroatoms. The Morgan fingerprint density at radius 2 is 2.28 bits per heavy atom. The summed E-state index contributed by atoms with van der Waals surface area (Å²) in [5, 5.41) is 22.5. The maximum Gasteiger partial charge on any atom is 0.272 e. The number of benzene rings is 1. The fourth-order valence-electron chi connectivity index (χ4n) is 1.31. The van der Waals surface area contributed by atoms with E-state index in [-0.39, 0.29) is 12.3 Å². The van der Waals surface area contributed by atoms with Gasteiger partial charge in [-0.1, -0.05) is 0 Å². The van der Waals surface area contributed by atoms with Crippen molar-refractivity contribution in [2.45, 2.75) is 19.4 Å². The molecule has 0 aromatic heterocycles. The lowest BCUT2D eigenvalue weighted by Gasteiger charge is -2.20. The predicted molar refractivity (Wildman–Crippen MR) is 66.4 cm³/mol. The third-order valence-electron chi connectivity index (χ3n) is 2.69. The Kier molecular flexibility index (Phi) is 4.23. The van der Waals surface area contributed by atoms with Crippen molar-refractivity contribution in [3.05, 3.63) is 33.9 Å². The number of likely N-dealkylation sites (N-methyl/N-ethyl adjacent to an activating group) is 1. The van der Waals surface area contributed by atoms with Crippen molar-refractivity contribution in [3.8, 4) is 11.8 Å². The van der Waals surface area contributed by atoms with Gasteiger partial charge in [0.1, 0.15) is 17.9 Å². The molecule has 0 aliphatic rings. The molecule has 0 saturated heterocycles. The maximum absolute atomic E-state index is 10.7. The molecule has 18 heavy (non-hydrogen) atoms. The lowest BCUT2D eigenvalue weighted by molar-refractivity contribution is -0.385. The van der Waals surface area contributed by atoms with E-state index in [1.807, 2.05) is 0 Å². The van der Waals surface area contributed by atoms with Crippen LogP contribution >= 0.6 is 0 Å². The van der Waals surface area contributed by atoms with Gasteiger partial charge in [0.15, 0.2) is 0 Å². The number of hydrogen-bond donors (Lipinski definition) is 1. The van der Waals surface area contributed by atoms with Crippen molar-refractivity contribution in [1.29, 1.82) is 5.26 Å². The Bertz CT molecular complexity index is 496. The summed E-state index contributed by atoms with van der Waals surface area (Å²) in [4.78, 5) is 10.2. The van der Waals surface area contributed by atoms with E-state index in [9.17, 15) is 10.1 Å². The van der Waals surface area contributed by atoms with Gasteiger partial charge in [-0.15, -0.1) is 0 Å². The molecule has 0 heterocycles. The highest BCUT2D eigenvalue weighted by molar-refractivity contribution is 5.44. The smallest absolute Gasteiger partial charge is 0.272 e. The summed E-state index contributed by atoms with van der Waals surface area (Å²) in [6.45, 7) is 3.52. The van der Waals surface area contributed by atoms with E-state index < -0.39 is 10.5 Å². The minimum absolute atomic E-state index is 0.0546. The molecule has 96 valence electrons. The first-order valence-corrected chi connectivity index (χ1v) is 5.40. The Labute approximate surface area is 105 Å². The van der Waals surface area contributed by atoms with Crippen LogP contribution in [0.15, 0.2) is 18.2 Å². The van der Waals surface area contributed by atoms with E-state index in [0.717, 1.165) is 0 Å². The van der Waals surface area contributed by atoms with Crippen molar-refractivity contribution < 1.29 is 9.66 Å². The van der Waals surface area contributed by atoms with Crippen LogP contribution in [-0.4, -0.2) is 24.1 Å². The average molecular weight is 249 g/mol. The zero-order valence-electron chi connectivity index (χ0n) is 10.6. The van der Waals surface area contributed by atoms with Crippen molar-refractivity contribution >= 4 is 5.69 Å². The van der Waals surface area contributed by atoms with Gasteiger partial charge in [0.2, 0.25) is 0 Å². The van der Waals surface area contributed by atoms with Crippen LogP contribution in [0.5, 0.6) is 5.75 Å². The topological polar surface area (TPSA) is 88.2 Å². The molecule has 6 nitrogen and oxygen atoms in total. The number of nitrogens with zero attached hydrogens (tertiary/aromatic N) is 2. The lowest BCUT2D eigenvalue weighted by atomic mass is 10.1. The Morgan fingerprint density at radius 3 is 2.72 bits per heavy atom. The summed E-state index contributed by atoms with van der Waals surface area (Å²) >= 11 is 0. The van der Waals surface area contributed by atoms with Crippen LogP contribution in [0.1, 0.15) is 12.5 Å². The largest absolute Gasteiger partial charge is 0.491 e. The summed E-state index contributed by atoms with van der Waals surface area (Å²) in [7, 11) is 1.67. The number of aryl methyl sites for hydroxylation is 1. The molecular weight excluding hydrogens is 234 g/mol. The van der Waals surface area contributed by atoms with E-state index in [0.29, 0.717) is 11.3 Å². The zero-order chi connectivity index (χ0) is 13.8. The van der Waals surface area contributed by atoms with E-state index in [2.05, 4.69) is 11.4 Å². The molecule has 1 unspecified atom stereocenters. The first-order chi connectivity index (χ1) is 8.41. The Hall–Kier alpha value is -2.13. The number of nitro groups is 1. The van der Waals surface area contributed by atoms with E-state index >= 15 is 0 Å². The number of nitriles is 1. The minimum atomic E-state index is -0.782. The molecule has 0 radical (unpaired) electrons. The number of hydrogen-bond acceptors (Lipinski definition) is 5. The summed E-state index contributed by atoms with van der Waals surface area (Å²) in [6.07, 6.45) is 0. The second kappa shape index (κ2) is 5.47. The number of ether oxygens (including phenoxy) is 1. The maximum atomic E-state index is 10.7. The van der Waals surface area contributed by atoms with Gasteiger partial charge in [0, 0.05) is 11.6 Å². The van der Waals surface area contributed by atoms with Crippen LogP contribution < -0.4 is 10.1 Å². The quantitative estimate of drug-likeness (QED) is 0.634. The molecule has 0 aliphatic carbocycles. The summed E-state index contributed by atoms with van der Waals surface area (Å²) in [6, 6.07) is 6.61. The number of nitro benzene ring substituents is 1. The molecule has 0 spiro atoms. The molecule has 0 fully saturated rings. The van der Waals surface area contributed by atoms with E-state index in [4.69, 9.17) is 10.00 Å². The molecule has 1 aromatic rings. The highest BCUT2D eigenvalue weighted by Gasteiger charge is 2.22. The van der Waals surface area contributed by atoms with Gasteiger partial charge in [-0.25, -0.2) is 0 Å². The van der Waals surface area contributed by atoms with Crippen LogP contribution in [0.4, 0.5) is 5.69 Å². The SMILES string of the molecule is CNC(C)(C#N)COc1ccc([N+](=O)[O-])c(C)c1. The van der Waals surface area contributed by atoms with Gasteiger partial charge in [0.05, 0.1) is 11.0 Å². The van der Waals surface area contributed by atoms with Crippen molar-refractivity contribution in [1.82, 2.24) is 5.32 Å². The standard InChI is InChI=1S/C12H15N3O3/c1-9-6-10(4-5-11(9)15(16)17)18-8-12(2,7-13)14-3/h4-6,14H,8H2,1-3H3. The zero-order valence-corrected chi connectivity index (χ0v) is 10.6. The van der Waals surface area contributed by atoms with E-state index in [1.165, 1.54) is 12.1 Å². The predicted octanol–water partition coefficient (Wildman–Crippen LogP) is 1.78.